The van der Waals surface area contributed by atoms with Gasteiger partial charge >= 0.3 is 0 Å². The minimum absolute atomic E-state index is 0.628. The van der Waals surface area contributed by atoms with Crippen LogP contribution in [0.2, 0.25) is 0 Å². The van der Waals surface area contributed by atoms with E-state index in [1.54, 1.807) is 0 Å². The average Bonchev–Trinajstić information content (AvgIpc) is 2.98. The zero-order valence-electron chi connectivity index (χ0n) is 11.1. The first kappa shape index (κ1) is 13.0. The molecule has 1 nitrogen and oxygen atoms in total. The molecule has 0 aromatic rings. The van der Waals surface area contributed by atoms with Crippen LogP contribution in [-0.4, -0.2) is 12.6 Å². The van der Waals surface area contributed by atoms with E-state index in [9.17, 15) is 0 Å². The topological polar surface area (TPSA) is 12.0 Å². The number of unbranched alkanes of at least 4 members (excludes halogenated alkanes) is 1. The van der Waals surface area contributed by atoms with Crippen molar-refractivity contribution in [2.75, 3.05) is 6.54 Å². The van der Waals surface area contributed by atoms with E-state index in [-0.39, 0.29) is 0 Å². The third-order valence-corrected chi connectivity index (χ3v) is 4.34. The van der Waals surface area contributed by atoms with Gasteiger partial charge in [-0.25, -0.2) is 0 Å². The maximum absolute atomic E-state index is 3.74. The average molecular weight is 211 g/mol. The Morgan fingerprint density at radius 2 is 1.93 bits per heavy atom. The van der Waals surface area contributed by atoms with Crippen LogP contribution in [0.25, 0.3) is 0 Å². The first-order valence-electron chi connectivity index (χ1n) is 6.85. The molecule has 0 heterocycles. The van der Waals surface area contributed by atoms with E-state index >= 15 is 0 Å². The highest BCUT2D eigenvalue weighted by Crippen LogP contribution is 2.47. The number of rotatable bonds is 8. The molecule has 1 N–H and O–H groups in total. The zero-order chi connectivity index (χ0) is 11.3. The number of hydrogen-bond acceptors (Lipinski definition) is 1. The molecule has 0 bridgehead atoms. The lowest BCUT2D eigenvalue weighted by molar-refractivity contribution is 0.333. The highest BCUT2D eigenvalue weighted by atomic mass is 14.9. The molecule has 15 heavy (non-hydrogen) atoms. The van der Waals surface area contributed by atoms with E-state index in [1.807, 2.05) is 0 Å². The second-order valence-corrected chi connectivity index (χ2v) is 5.70. The molecule has 1 saturated carbocycles. The van der Waals surface area contributed by atoms with Crippen LogP contribution in [0, 0.1) is 11.3 Å². The van der Waals surface area contributed by atoms with E-state index in [2.05, 4.69) is 33.0 Å². The molecule has 0 aromatic carbocycles. The Bertz CT molecular complexity index is 172. The van der Waals surface area contributed by atoms with E-state index in [1.165, 1.54) is 45.1 Å². The van der Waals surface area contributed by atoms with E-state index in [0.717, 1.165) is 5.92 Å². The third kappa shape index (κ3) is 4.14. The van der Waals surface area contributed by atoms with Crippen LogP contribution >= 0.6 is 0 Å². The van der Waals surface area contributed by atoms with Crippen LogP contribution in [0.3, 0.4) is 0 Å². The van der Waals surface area contributed by atoms with Crippen molar-refractivity contribution < 1.29 is 0 Å². The molecule has 0 radical (unpaired) electrons. The molecule has 0 amide bonds. The molecule has 2 atom stereocenters. The van der Waals surface area contributed by atoms with Gasteiger partial charge in [0, 0.05) is 6.04 Å². The van der Waals surface area contributed by atoms with Gasteiger partial charge in [0.25, 0.3) is 0 Å². The largest absolute Gasteiger partial charge is 0.313 e. The van der Waals surface area contributed by atoms with Crippen LogP contribution in [-0.2, 0) is 0 Å². The molecule has 0 saturated heterocycles. The van der Waals surface area contributed by atoms with Gasteiger partial charge in [-0.15, -0.1) is 0 Å². The van der Waals surface area contributed by atoms with Crippen molar-refractivity contribution in [3.8, 4) is 0 Å². The van der Waals surface area contributed by atoms with Crippen molar-refractivity contribution in [3.63, 3.8) is 0 Å². The summed E-state index contributed by atoms with van der Waals surface area (Å²) in [5, 5.41) is 3.74. The van der Waals surface area contributed by atoms with Gasteiger partial charge in [0.15, 0.2) is 0 Å². The van der Waals surface area contributed by atoms with Crippen molar-refractivity contribution in [3.05, 3.63) is 0 Å². The normalized spacial score (nSPS) is 22.4. The Balaban J connectivity index is 2.15. The van der Waals surface area contributed by atoms with Gasteiger partial charge in [-0.2, -0.15) is 0 Å². The third-order valence-electron chi connectivity index (χ3n) is 4.34. The predicted molar refractivity (Wildman–Crippen MR) is 68.1 cm³/mol. The monoisotopic (exact) mass is 211 g/mol. The van der Waals surface area contributed by atoms with Gasteiger partial charge < -0.3 is 5.32 Å². The zero-order valence-corrected chi connectivity index (χ0v) is 11.1. The highest BCUT2D eigenvalue weighted by molar-refractivity contribution is 4.96. The molecule has 1 aliphatic rings. The first-order chi connectivity index (χ1) is 7.12. The lowest BCUT2D eigenvalue weighted by Crippen LogP contribution is -2.36. The fraction of sp³-hybridized carbons (Fsp3) is 1.00. The lowest BCUT2D eigenvalue weighted by Gasteiger charge is -2.24. The molecule has 1 aliphatic carbocycles. The van der Waals surface area contributed by atoms with E-state index in [4.69, 9.17) is 0 Å². The summed E-state index contributed by atoms with van der Waals surface area (Å²) in [6.07, 6.45) is 8.31. The standard InChI is InChI=1S/C14H29N/c1-5-7-8-13(6-2)11-15-12(3)14(4)9-10-14/h12-13,15H,5-11H2,1-4H3. The summed E-state index contributed by atoms with van der Waals surface area (Å²) in [7, 11) is 0. The van der Waals surface area contributed by atoms with Crippen LogP contribution in [0.1, 0.15) is 66.2 Å². The summed E-state index contributed by atoms with van der Waals surface area (Å²) in [4.78, 5) is 0. The summed E-state index contributed by atoms with van der Waals surface area (Å²) in [5.41, 5.74) is 0.628. The molecule has 0 aromatic heterocycles. The van der Waals surface area contributed by atoms with Gasteiger partial charge in [0.05, 0.1) is 0 Å². The van der Waals surface area contributed by atoms with Crippen molar-refractivity contribution >= 4 is 0 Å². The van der Waals surface area contributed by atoms with Gasteiger partial charge in [-0.05, 0) is 44.1 Å². The Morgan fingerprint density at radius 1 is 1.27 bits per heavy atom. The second kappa shape index (κ2) is 5.89. The smallest absolute Gasteiger partial charge is 0.00926 e. The van der Waals surface area contributed by atoms with Crippen LogP contribution in [0.5, 0.6) is 0 Å². The maximum Gasteiger partial charge on any atom is 0.00926 e. The van der Waals surface area contributed by atoms with Gasteiger partial charge in [-0.1, -0.05) is 40.0 Å². The molecule has 1 fully saturated rings. The Kier molecular flexibility index (Phi) is 5.11. The van der Waals surface area contributed by atoms with Crippen molar-refractivity contribution in [2.45, 2.75) is 72.3 Å². The van der Waals surface area contributed by atoms with Crippen LogP contribution in [0.4, 0.5) is 0 Å². The second-order valence-electron chi connectivity index (χ2n) is 5.70. The molecule has 2 unspecified atom stereocenters. The molecular weight excluding hydrogens is 182 g/mol. The van der Waals surface area contributed by atoms with Crippen molar-refractivity contribution in [1.82, 2.24) is 5.32 Å². The molecule has 0 aliphatic heterocycles. The van der Waals surface area contributed by atoms with Crippen LogP contribution < -0.4 is 5.32 Å². The van der Waals surface area contributed by atoms with Crippen molar-refractivity contribution in [1.29, 1.82) is 0 Å². The summed E-state index contributed by atoms with van der Waals surface area (Å²) in [6, 6.07) is 0.716. The highest BCUT2D eigenvalue weighted by Gasteiger charge is 2.42. The van der Waals surface area contributed by atoms with E-state index in [0.29, 0.717) is 11.5 Å². The predicted octanol–water partition coefficient (Wildman–Crippen LogP) is 3.98. The Labute approximate surface area is 96.0 Å². The molecule has 1 heteroatoms. The SMILES string of the molecule is CCCCC(CC)CNC(C)C1(C)CC1. The van der Waals surface area contributed by atoms with Crippen molar-refractivity contribution in [2.24, 2.45) is 11.3 Å². The summed E-state index contributed by atoms with van der Waals surface area (Å²) < 4.78 is 0. The fourth-order valence-corrected chi connectivity index (χ4v) is 2.16. The Morgan fingerprint density at radius 3 is 2.40 bits per heavy atom. The minimum Gasteiger partial charge on any atom is -0.313 e. The maximum atomic E-state index is 3.74. The summed E-state index contributed by atoms with van der Waals surface area (Å²) in [6.45, 7) is 10.6. The minimum atomic E-state index is 0.628. The number of hydrogen-bond donors (Lipinski definition) is 1. The van der Waals surface area contributed by atoms with E-state index < -0.39 is 0 Å². The molecule has 90 valence electrons. The summed E-state index contributed by atoms with van der Waals surface area (Å²) in [5.74, 6) is 0.898. The van der Waals surface area contributed by atoms with Crippen LogP contribution in [0.15, 0.2) is 0 Å². The fourth-order valence-electron chi connectivity index (χ4n) is 2.16. The lowest BCUT2D eigenvalue weighted by atomic mass is 9.96. The molecule has 1 rings (SSSR count). The van der Waals surface area contributed by atoms with Gasteiger partial charge in [0.2, 0.25) is 0 Å². The van der Waals surface area contributed by atoms with Gasteiger partial charge in [0.1, 0.15) is 0 Å². The van der Waals surface area contributed by atoms with Gasteiger partial charge in [-0.3, -0.25) is 0 Å². The number of nitrogens with one attached hydrogen (secondary N) is 1. The summed E-state index contributed by atoms with van der Waals surface area (Å²) >= 11 is 0. The quantitative estimate of drug-likeness (QED) is 0.640. The molecule has 0 spiro atoms. The first-order valence-corrected chi connectivity index (χ1v) is 6.85. The Hall–Kier alpha value is -0.0400. The molecular formula is C14H29N.